The summed E-state index contributed by atoms with van der Waals surface area (Å²) in [4.78, 5) is 19.9. The smallest absolute Gasteiger partial charge is 0.252 e. The van der Waals surface area contributed by atoms with Gasteiger partial charge < -0.3 is 10.4 Å². The molecule has 1 atom stereocenters. The number of carbonyl (C=O) groups is 1. The zero-order valence-corrected chi connectivity index (χ0v) is 10.8. The van der Waals surface area contributed by atoms with Crippen molar-refractivity contribution in [3.63, 3.8) is 0 Å². The van der Waals surface area contributed by atoms with Crippen LogP contribution < -0.4 is 5.32 Å². The van der Waals surface area contributed by atoms with Gasteiger partial charge in [-0.1, -0.05) is 0 Å². The van der Waals surface area contributed by atoms with E-state index < -0.39 is 6.10 Å². The SMILES string of the molecule is O=C(NCC(O)C1CC1)c1ccc(-n2cncn2)nc1. The van der Waals surface area contributed by atoms with Gasteiger partial charge in [-0.05, 0) is 30.9 Å². The molecule has 1 unspecified atom stereocenters. The van der Waals surface area contributed by atoms with Gasteiger partial charge in [0.2, 0.25) is 0 Å². The van der Waals surface area contributed by atoms with E-state index in [9.17, 15) is 9.90 Å². The summed E-state index contributed by atoms with van der Waals surface area (Å²) >= 11 is 0. The van der Waals surface area contributed by atoms with Gasteiger partial charge >= 0.3 is 0 Å². The van der Waals surface area contributed by atoms with Crippen LogP contribution in [0.1, 0.15) is 23.2 Å². The number of aliphatic hydroxyl groups is 1. The minimum atomic E-state index is -0.443. The number of aliphatic hydroxyl groups excluding tert-OH is 1. The first-order valence-corrected chi connectivity index (χ1v) is 6.51. The van der Waals surface area contributed by atoms with E-state index >= 15 is 0 Å². The molecule has 20 heavy (non-hydrogen) atoms. The predicted molar refractivity (Wildman–Crippen MR) is 70.2 cm³/mol. The minimum Gasteiger partial charge on any atom is -0.391 e. The molecule has 0 bridgehead atoms. The van der Waals surface area contributed by atoms with E-state index in [-0.39, 0.29) is 12.5 Å². The fourth-order valence-electron chi connectivity index (χ4n) is 1.93. The maximum Gasteiger partial charge on any atom is 0.252 e. The molecule has 104 valence electrons. The van der Waals surface area contributed by atoms with E-state index in [1.54, 1.807) is 12.1 Å². The molecule has 1 amide bonds. The van der Waals surface area contributed by atoms with Gasteiger partial charge in [0.05, 0.1) is 11.7 Å². The maximum absolute atomic E-state index is 11.9. The van der Waals surface area contributed by atoms with Crippen molar-refractivity contribution in [1.29, 1.82) is 0 Å². The van der Waals surface area contributed by atoms with E-state index in [1.165, 1.54) is 23.5 Å². The average molecular weight is 273 g/mol. The number of carbonyl (C=O) groups excluding carboxylic acids is 1. The summed E-state index contributed by atoms with van der Waals surface area (Å²) in [7, 11) is 0. The first-order valence-electron chi connectivity index (χ1n) is 6.51. The topological polar surface area (TPSA) is 92.9 Å². The van der Waals surface area contributed by atoms with Crippen molar-refractivity contribution in [2.24, 2.45) is 5.92 Å². The largest absolute Gasteiger partial charge is 0.391 e. The number of hydrogen-bond acceptors (Lipinski definition) is 5. The summed E-state index contributed by atoms with van der Waals surface area (Å²) in [6.07, 6.45) is 6.09. The highest BCUT2D eigenvalue weighted by Crippen LogP contribution is 2.32. The van der Waals surface area contributed by atoms with Gasteiger partial charge in [-0.3, -0.25) is 4.79 Å². The summed E-state index contributed by atoms with van der Waals surface area (Å²) in [6.45, 7) is 0.286. The Morgan fingerprint density at radius 2 is 2.35 bits per heavy atom. The number of rotatable bonds is 5. The molecule has 0 aliphatic heterocycles. The Bertz CT molecular complexity index is 577. The lowest BCUT2D eigenvalue weighted by Crippen LogP contribution is -2.33. The maximum atomic E-state index is 11.9. The molecule has 0 saturated heterocycles. The fourth-order valence-corrected chi connectivity index (χ4v) is 1.93. The summed E-state index contributed by atoms with van der Waals surface area (Å²) in [5, 5.41) is 16.4. The van der Waals surface area contributed by atoms with E-state index in [1.807, 2.05) is 0 Å². The van der Waals surface area contributed by atoms with Crippen LogP contribution in [-0.4, -0.2) is 43.4 Å². The molecular weight excluding hydrogens is 258 g/mol. The highest BCUT2D eigenvalue weighted by Gasteiger charge is 2.29. The fraction of sp³-hybridized carbons (Fsp3) is 0.385. The van der Waals surface area contributed by atoms with Gasteiger partial charge in [-0.2, -0.15) is 5.10 Å². The lowest BCUT2D eigenvalue weighted by Gasteiger charge is -2.10. The van der Waals surface area contributed by atoms with Crippen molar-refractivity contribution >= 4 is 5.91 Å². The van der Waals surface area contributed by atoms with Gasteiger partial charge in [0.15, 0.2) is 5.82 Å². The quantitative estimate of drug-likeness (QED) is 0.809. The van der Waals surface area contributed by atoms with Crippen molar-refractivity contribution in [2.75, 3.05) is 6.54 Å². The molecule has 0 radical (unpaired) electrons. The molecule has 2 aromatic heterocycles. The third kappa shape index (κ3) is 2.83. The Morgan fingerprint density at radius 1 is 1.50 bits per heavy atom. The number of nitrogens with one attached hydrogen (secondary N) is 1. The van der Waals surface area contributed by atoms with E-state index in [2.05, 4.69) is 20.4 Å². The van der Waals surface area contributed by atoms with Crippen LogP contribution in [0, 0.1) is 5.92 Å². The summed E-state index contributed by atoms with van der Waals surface area (Å²) in [5.74, 6) is 0.711. The van der Waals surface area contributed by atoms with Crippen LogP contribution in [0.4, 0.5) is 0 Å². The normalized spacial score (nSPS) is 15.8. The molecule has 7 heteroatoms. The molecule has 0 spiro atoms. The monoisotopic (exact) mass is 273 g/mol. The Balaban J connectivity index is 1.60. The van der Waals surface area contributed by atoms with Crippen LogP contribution in [0.5, 0.6) is 0 Å². The lowest BCUT2D eigenvalue weighted by atomic mass is 10.2. The van der Waals surface area contributed by atoms with Crippen LogP contribution in [0.3, 0.4) is 0 Å². The Morgan fingerprint density at radius 3 is 2.95 bits per heavy atom. The van der Waals surface area contributed by atoms with E-state index in [0.717, 1.165) is 12.8 Å². The first kappa shape index (κ1) is 12.7. The highest BCUT2D eigenvalue weighted by molar-refractivity contribution is 5.93. The summed E-state index contributed by atoms with van der Waals surface area (Å²) in [5.41, 5.74) is 0.455. The van der Waals surface area contributed by atoms with Gasteiger partial charge in [-0.15, -0.1) is 0 Å². The van der Waals surface area contributed by atoms with Crippen molar-refractivity contribution in [3.8, 4) is 5.82 Å². The van der Waals surface area contributed by atoms with Crippen LogP contribution in [0.2, 0.25) is 0 Å². The predicted octanol–water partition coefficient (Wildman–Crippen LogP) is 0.163. The lowest BCUT2D eigenvalue weighted by molar-refractivity contribution is 0.0901. The highest BCUT2D eigenvalue weighted by atomic mass is 16.3. The van der Waals surface area contributed by atoms with Crippen molar-refractivity contribution < 1.29 is 9.90 Å². The van der Waals surface area contributed by atoms with Crippen LogP contribution in [-0.2, 0) is 0 Å². The van der Waals surface area contributed by atoms with Crippen LogP contribution in [0.15, 0.2) is 31.0 Å². The molecule has 1 aliphatic rings. The molecule has 2 heterocycles. The summed E-state index contributed by atoms with van der Waals surface area (Å²) in [6, 6.07) is 3.36. The molecule has 2 aromatic rings. The molecule has 1 fully saturated rings. The number of amides is 1. The Hall–Kier alpha value is -2.28. The van der Waals surface area contributed by atoms with Crippen LogP contribution >= 0.6 is 0 Å². The first-order chi connectivity index (χ1) is 9.74. The zero-order chi connectivity index (χ0) is 13.9. The van der Waals surface area contributed by atoms with E-state index in [0.29, 0.717) is 17.3 Å². The molecule has 7 nitrogen and oxygen atoms in total. The summed E-state index contributed by atoms with van der Waals surface area (Å²) < 4.78 is 1.51. The van der Waals surface area contributed by atoms with Crippen molar-refractivity contribution in [2.45, 2.75) is 18.9 Å². The Kier molecular flexibility index (Phi) is 3.42. The van der Waals surface area contributed by atoms with Gasteiger partial charge in [0, 0.05) is 12.7 Å². The van der Waals surface area contributed by atoms with Crippen molar-refractivity contribution in [3.05, 3.63) is 36.5 Å². The second-order valence-electron chi connectivity index (χ2n) is 4.86. The number of aromatic nitrogens is 4. The molecular formula is C13H15N5O2. The molecule has 1 aliphatic carbocycles. The number of nitrogens with zero attached hydrogens (tertiary/aromatic N) is 4. The third-order valence-electron chi connectivity index (χ3n) is 3.30. The van der Waals surface area contributed by atoms with E-state index in [4.69, 9.17) is 0 Å². The molecule has 2 N–H and O–H groups in total. The molecule has 0 aromatic carbocycles. The number of pyridine rings is 1. The number of hydrogen-bond donors (Lipinski definition) is 2. The standard InChI is InChI=1S/C13H15N5O2/c19-11(9-1-2-9)6-16-13(20)10-3-4-12(15-5-10)18-8-14-7-17-18/h3-5,7-9,11,19H,1-2,6H2,(H,16,20). The van der Waals surface area contributed by atoms with Crippen molar-refractivity contribution in [1.82, 2.24) is 25.1 Å². The molecule has 1 saturated carbocycles. The minimum absolute atomic E-state index is 0.234. The molecule has 3 rings (SSSR count). The zero-order valence-electron chi connectivity index (χ0n) is 10.8. The van der Waals surface area contributed by atoms with Gasteiger partial charge in [0.1, 0.15) is 12.7 Å². The average Bonchev–Trinajstić information content (AvgIpc) is 3.19. The second-order valence-corrected chi connectivity index (χ2v) is 4.86. The Labute approximate surface area is 115 Å². The van der Waals surface area contributed by atoms with Gasteiger partial charge in [-0.25, -0.2) is 14.6 Å². The van der Waals surface area contributed by atoms with Gasteiger partial charge in [0.25, 0.3) is 5.91 Å². The second kappa shape index (κ2) is 5.38. The van der Waals surface area contributed by atoms with Crippen LogP contribution in [0.25, 0.3) is 5.82 Å². The third-order valence-corrected chi connectivity index (χ3v) is 3.30.